The molecule has 20 nitrogen and oxygen atoms in total. The minimum Gasteiger partial charge on any atom is -0.466 e. The van der Waals surface area contributed by atoms with E-state index in [-0.39, 0.29) is 87.8 Å². The number of carbonyl (C=O) groups excluding carboxylic acids is 3. The average molecular weight is 1110 g/mol. The number of allylic oxidation sites excluding steroid dienone is 7. The van der Waals surface area contributed by atoms with E-state index in [1.165, 1.54) is 31.3 Å². The number of fused-ring (bicyclic) bond motifs is 2. The lowest BCUT2D eigenvalue weighted by Crippen LogP contribution is -2.52. The van der Waals surface area contributed by atoms with Gasteiger partial charge in [-0.15, -0.1) is 0 Å². The van der Waals surface area contributed by atoms with E-state index in [4.69, 9.17) is 14.2 Å². The number of carbonyl (C=O) groups is 3. The van der Waals surface area contributed by atoms with E-state index in [9.17, 15) is 61.7 Å². The van der Waals surface area contributed by atoms with Crippen molar-refractivity contribution in [1.82, 2.24) is 4.31 Å². The molecule has 3 N–H and O–H groups in total. The van der Waals surface area contributed by atoms with Crippen LogP contribution in [0.3, 0.4) is 0 Å². The Bertz CT molecular complexity index is 3070. The maximum Gasteiger partial charge on any atom is 0.324 e. The highest BCUT2D eigenvalue weighted by Gasteiger charge is 2.54. The Balaban J connectivity index is 1.67. The van der Waals surface area contributed by atoms with Crippen molar-refractivity contribution in [2.45, 2.75) is 120 Å². The van der Waals surface area contributed by atoms with Gasteiger partial charge in [-0.25, -0.2) is 12.7 Å². The van der Waals surface area contributed by atoms with E-state index in [0.29, 0.717) is 39.3 Å². The highest BCUT2D eigenvalue weighted by Crippen LogP contribution is 2.54. The quantitative estimate of drug-likeness (QED) is 0.0476. The number of ether oxygens (including phenoxy) is 3. The first-order chi connectivity index (χ1) is 34.2. The molecule has 0 saturated carbocycles. The van der Waals surface area contributed by atoms with Crippen molar-refractivity contribution in [2.75, 3.05) is 67.8 Å². The molecule has 0 saturated heterocycles. The van der Waals surface area contributed by atoms with Gasteiger partial charge in [-0.1, -0.05) is 52.0 Å². The molecule has 0 aromatic heterocycles. The van der Waals surface area contributed by atoms with Crippen LogP contribution in [0.4, 0.5) is 11.4 Å². The Morgan fingerprint density at radius 2 is 1.26 bits per heavy atom. The molecule has 2 aliphatic heterocycles. The first kappa shape index (κ1) is 59.9. The third kappa shape index (κ3) is 13.0. The molecular weight excluding hydrogens is 1040 g/mol. The first-order valence-electron chi connectivity index (χ1n) is 24.2. The summed E-state index contributed by atoms with van der Waals surface area (Å²) in [5.41, 5.74) is -1.29. The third-order valence-corrected chi connectivity index (χ3v) is 18.5. The summed E-state index contributed by atoms with van der Waals surface area (Å²) < 4.78 is 147. The van der Waals surface area contributed by atoms with Crippen molar-refractivity contribution in [2.24, 2.45) is 5.41 Å². The van der Waals surface area contributed by atoms with Crippen LogP contribution in [-0.4, -0.2) is 133 Å². The smallest absolute Gasteiger partial charge is 0.324 e. The van der Waals surface area contributed by atoms with Crippen LogP contribution in [0.15, 0.2) is 93.4 Å². The van der Waals surface area contributed by atoms with Crippen molar-refractivity contribution < 1.29 is 75.9 Å². The summed E-state index contributed by atoms with van der Waals surface area (Å²) in [6, 6.07) is 8.70. The standard InChI is InChI=1S/C50H69N3O17S4/c1-10-68-44(54)16-13-25-51(9)73(63,64)37-18-20-41-39(31-37)47(4,5)43(52(41)26-14-28-71(57,58)59)22-17-35-30-36(34-50(33-35,45(55)69-11-2)46(56)70-12-3)23-24-49(8)48(6,7)40-32-38(74(65,66)67)19-21-42(40)53(49)27-15-29-72(60,61)62/h17-24,30-32H,10-16,25-29,33-34H2,1-9H3,(H,57,58,59)(H,60,61,62)(H,65,66,67)/b24-23+,35-17-,43-22+. The fraction of sp³-hybridized carbons (Fsp3) is 0.540. The second-order valence-electron chi connectivity index (χ2n) is 19.8. The minimum atomic E-state index is -4.64. The maximum atomic E-state index is 14.2. The number of benzene rings is 2. The monoisotopic (exact) mass is 1110 g/mol. The van der Waals surface area contributed by atoms with E-state index in [1.54, 1.807) is 63.3 Å². The molecule has 0 bridgehead atoms. The summed E-state index contributed by atoms with van der Waals surface area (Å²) in [6.07, 6.45) is 8.54. The number of sulfonamides is 1. The van der Waals surface area contributed by atoms with Crippen molar-refractivity contribution in [3.63, 3.8) is 0 Å². The predicted molar refractivity (Wildman–Crippen MR) is 278 cm³/mol. The molecule has 1 aliphatic carbocycles. The topological polar surface area (TPSA) is 286 Å². The molecule has 0 spiro atoms. The van der Waals surface area contributed by atoms with Crippen LogP contribution in [0, 0.1) is 5.41 Å². The molecule has 2 heterocycles. The molecule has 1 atom stereocenters. The zero-order valence-electron chi connectivity index (χ0n) is 43.3. The molecule has 410 valence electrons. The summed E-state index contributed by atoms with van der Waals surface area (Å²) in [5, 5.41) is 0. The van der Waals surface area contributed by atoms with Crippen molar-refractivity contribution in [3.8, 4) is 0 Å². The second kappa shape index (κ2) is 22.7. The SMILES string of the molecule is CCOC(=O)CCCN(C)S(=O)(=O)c1ccc2c(c1)C(C)(C)/C(=C\C=C1C=C(/C=C/C3(C)N(CCCS(=O)(=O)O)c4ccc(S(=O)(=O)O)cc4C3(C)C)CC(C(=O)OCC)(C(=O)OCC)C\1)N2CCCS(=O)(=O)O. The number of nitrogens with zero attached hydrogens (tertiary/aromatic N) is 3. The maximum absolute atomic E-state index is 14.2. The molecule has 0 amide bonds. The van der Waals surface area contributed by atoms with Crippen molar-refractivity contribution in [1.29, 1.82) is 0 Å². The van der Waals surface area contributed by atoms with Gasteiger partial charge in [-0.05, 0) is 125 Å². The third-order valence-electron chi connectivity index (χ3n) is 14.1. The number of hydrogen-bond acceptors (Lipinski definition) is 16. The van der Waals surface area contributed by atoms with Gasteiger partial charge < -0.3 is 24.0 Å². The lowest BCUT2D eigenvalue weighted by molar-refractivity contribution is -0.172. The summed E-state index contributed by atoms with van der Waals surface area (Å²) in [5.74, 6) is -3.28. The molecule has 5 rings (SSSR count). The fourth-order valence-corrected chi connectivity index (χ4v) is 12.7. The van der Waals surface area contributed by atoms with Gasteiger partial charge in [0.1, 0.15) is 0 Å². The molecule has 74 heavy (non-hydrogen) atoms. The number of hydrogen-bond donors (Lipinski definition) is 3. The highest BCUT2D eigenvalue weighted by atomic mass is 32.2. The fourth-order valence-electron chi connectivity index (χ4n) is 9.95. The van der Waals surface area contributed by atoms with Gasteiger partial charge in [0.25, 0.3) is 30.4 Å². The number of anilines is 2. The van der Waals surface area contributed by atoms with Gasteiger partial charge in [-0.2, -0.15) is 25.3 Å². The normalized spacial score (nSPS) is 20.5. The zero-order chi connectivity index (χ0) is 55.5. The van der Waals surface area contributed by atoms with Gasteiger partial charge in [0, 0.05) is 61.0 Å². The summed E-state index contributed by atoms with van der Waals surface area (Å²) in [7, 11) is -16.1. The van der Waals surface area contributed by atoms with E-state index < -0.39 is 91.6 Å². The lowest BCUT2D eigenvalue weighted by Gasteiger charge is -2.44. The molecule has 2 aromatic rings. The predicted octanol–water partition coefficient (Wildman–Crippen LogP) is 6.31. The van der Waals surface area contributed by atoms with Gasteiger partial charge >= 0.3 is 17.9 Å². The van der Waals surface area contributed by atoms with E-state index in [2.05, 4.69) is 0 Å². The van der Waals surface area contributed by atoms with Crippen molar-refractivity contribution in [3.05, 3.63) is 94.7 Å². The molecular formula is C50H69N3O17S4. The van der Waals surface area contributed by atoms with E-state index in [1.807, 2.05) is 44.4 Å². The van der Waals surface area contributed by atoms with Crippen LogP contribution in [0.5, 0.6) is 0 Å². The van der Waals surface area contributed by atoms with Crippen LogP contribution in [0.25, 0.3) is 0 Å². The largest absolute Gasteiger partial charge is 0.466 e. The molecule has 0 radical (unpaired) electrons. The molecule has 0 fully saturated rings. The molecule has 2 aromatic carbocycles. The van der Waals surface area contributed by atoms with Gasteiger partial charge in [0.05, 0.1) is 46.7 Å². The second-order valence-corrected chi connectivity index (χ2v) is 26.4. The van der Waals surface area contributed by atoms with Gasteiger partial charge in [0.15, 0.2) is 5.41 Å². The zero-order valence-corrected chi connectivity index (χ0v) is 46.5. The van der Waals surface area contributed by atoms with Crippen molar-refractivity contribution >= 4 is 69.7 Å². The summed E-state index contributed by atoms with van der Waals surface area (Å²) in [4.78, 5) is 43.6. The number of rotatable bonds is 23. The Morgan fingerprint density at radius 1 is 0.703 bits per heavy atom. The van der Waals surface area contributed by atoms with Gasteiger partial charge in [0.2, 0.25) is 10.0 Å². The van der Waals surface area contributed by atoms with Crippen LogP contribution in [0.2, 0.25) is 0 Å². The Labute approximate surface area is 435 Å². The number of esters is 3. The highest BCUT2D eigenvalue weighted by molar-refractivity contribution is 7.89. The minimum absolute atomic E-state index is 0.0242. The van der Waals surface area contributed by atoms with Crippen LogP contribution < -0.4 is 9.80 Å². The van der Waals surface area contributed by atoms with Crippen LogP contribution in [-0.2, 0) is 79.8 Å². The average Bonchev–Trinajstić information content (AvgIpc) is 3.60. The summed E-state index contributed by atoms with van der Waals surface area (Å²) >= 11 is 0. The van der Waals surface area contributed by atoms with Crippen LogP contribution >= 0.6 is 0 Å². The first-order valence-corrected chi connectivity index (χ1v) is 30.3. The Hall–Kier alpha value is -4.95. The van der Waals surface area contributed by atoms with Gasteiger partial charge in [-0.3, -0.25) is 28.0 Å². The summed E-state index contributed by atoms with van der Waals surface area (Å²) in [6.45, 7) is 14.3. The Morgan fingerprint density at radius 3 is 1.82 bits per heavy atom. The lowest BCUT2D eigenvalue weighted by atomic mass is 9.69. The molecule has 3 aliphatic rings. The Kier molecular flexibility index (Phi) is 18.4. The van der Waals surface area contributed by atoms with E-state index >= 15 is 0 Å². The molecule has 1 unspecified atom stereocenters. The van der Waals surface area contributed by atoms with E-state index in [0.717, 1.165) is 4.31 Å². The molecule has 24 heteroatoms. The van der Waals surface area contributed by atoms with Crippen LogP contribution in [0.1, 0.15) is 105 Å².